The monoisotopic (exact) mass is 369 g/mol. The number of benzene rings is 1. The van der Waals surface area contributed by atoms with E-state index in [0.717, 1.165) is 28.9 Å². The number of nitrogens with zero attached hydrogens (tertiary/aromatic N) is 2. The Labute approximate surface area is 158 Å². The molecule has 0 saturated carbocycles. The molecule has 142 valence electrons. The van der Waals surface area contributed by atoms with E-state index in [4.69, 9.17) is 9.72 Å². The molecule has 2 heterocycles. The van der Waals surface area contributed by atoms with E-state index in [1.807, 2.05) is 29.7 Å². The number of aromatic nitrogens is 2. The number of pyridine rings is 1. The molecule has 3 aromatic rings. The molecule has 6 heteroatoms. The number of hydrogen-bond donors (Lipinski definition) is 1. The van der Waals surface area contributed by atoms with Gasteiger partial charge >= 0.3 is 0 Å². The van der Waals surface area contributed by atoms with Crippen LogP contribution in [0.2, 0.25) is 0 Å². The topological polar surface area (TPSA) is 55.6 Å². The van der Waals surface area contributed by atoms with Gasteiger partial charge in [-0.1, -0.05) is 6.07 Å². The smallest absolute Gasteiger partial charge is 0.226 e. The summed E-state index contributed by atoms with van der Waals surface area (Å²) in [5.41, 5.74) is 4.69. The standard InChI is InChI=1S/C21H24FN3O2/c1-14-5-8-19-24-21(16-6-7-17(22)15(2)11-16)18(25(19)13-14)12-20(26)23-9-4-10-27-3/h5-8,11,13H,4,9-10,12H2,1-3H3,(H,23,26). The lowest BCUT2D eigenvalue weighted by Gasteiger charge is -2.08. The van der Waals surface area contributed by atoms with Gasteiger partial charge in [0.2, 0.25) is 5.91 Å². The number of rotatable bonds is 7. The summed E-state index contributed by atoms with van der Waals surface area (Å²) in [6.07, 6.45) is 2.93. The van der Waals surface area contributed by atoms with Gasteiger partial charge in [-0.3, -0.25) is 4.79 Å². The molecule has 0 aliphatic heterocycles. The van der Waals surface area contributed by atoms with Crippen LogP contribution in [0.3, 0.4) is 0 Å². The van der Waals surface area contributed by atoms with Crippen LogP contribution in [0.5, 0.6) is 0 Å². The van der Waals surface area contributed by atoms with Crippen molar-refractivity contribution in [3.63, 3.8) is 0 Å². The van der Waals surface area contributed by atoms with Gasteiger partial charge in [0.05, 0.1) is 17.8 Å². The van der Waals surface area contributed by atoms with Crippen LogP contribution >= 0.6 is 0 Å². The molecule has 27 heavy (non-hydrogen) atoms. The Morgan fingerprint density at radius 2 is 2.07 bits per heavy atom. The Morgan fingerprint density at radius 3 is 2.81 bits per heavy atom. The van der Waals surface area contributed by atoms with Crippen molar-refractivity contribution in [2.24, 2.45) is 0 Å². The molecule has 0 radical (unpaired) electrons. The molecule has 1 N–H and O–H groups in total. The molecule has 5 nitrogen and oxygen atoms in total. The maximum absolute atomic E-state index is 13.7. The molecule has 1 amide bonds. The van der Waals surface area contributed by atoms with E-state index < -0.39 is 0 Å². The van der Waals surface area contributed by atoms with Crippen LogP contribution in [-0.4, -0.2) is 35.6 Å². The number of imidazole rings is 1. The van der Waals surface area contributed by atoms with Crippen molar-refractivity contribution in [3.05, 3.63) is 59.2 Å². The third kappa shape index (κ3) is 4.34. The van der Waals surface area contributed by atoms with Gasteiger partial charge in [0.25, 0.3) is 0 Å². The number of aryl methyl sites for hydroxylation is 2. The molecule has 0 aliphatic rings. The lowest BCUT2D eigenvalue weighted by atomic mass is 10.1. The first-order chi connectivity index (χ1) is 13.0. The molecule has 0 fully saturated rings. The highest BCUT2D eigenvalue weighted by atomic mass is 19.1. The first-order valence-electron chi connectivity index (χ1n) is 8.99. The van der Waals surface area contributed by atoms with Gasteiger partial charge in [-0.15, -0.1) is 0 Å². The molecule has 0 bridgehead atoms. The fraction of sp³-hybridized carbons (Fsp3) is 0.333. The van der Waals surface area contributed by atoms with Crippen molar-refractivity contribution >= 4 is 11.6 Å². The summed E-state index contributed by atoms with van der Waals surface area (Å²) in [5.74, 6) is -0.328. The molecule has 0 aliphatic carbocycles. The second-order valence-corrected chi connectivity index (χ2v) is 6.68. The summed E-state index contributed by atoms with van der Waals surface area (Å²) in [4.78, 5) is 17.2. The van der Waals surface area contributed by atoms with Crippen molar-refractivity contribution in [2.75, 3.05) is 20.3 Å². The molecular weight excluding hydrogens is 345 g/mol. The fourth-order valence-electron chi connectivity index (χ4n) is 3.05. The Kier molecular flexibility index (Phi) is 5.86. The normalized spacial score (nSPS) is 11.1. The van der Waals surface area contributed by atoms with Crippen LogP contribution in [0.4, 0.5) is 4.39 Å². The Hall–Kier alpha value is -2.73. The number of ether oxygens (including phenoxy) is 1. The molecule has 0 spiro atoms. The average molecular weight is 369 g/mol. The van der Waals surface area contributed by atoms with Crippen molar-refractivity contribution in [3.8, 4) is 11.3 Å². The van der Waals surface area contributed by atoms with Crippen LogP contribution in [0, 0.1) is 19.7 Å². The van der Waals surface area contributed by atoms with E-state index in [9.17, 15) is 9.18 Å². The van der Waals surface area contributed by atoms with Gasteiger partial charge in [0.15, 0.2) is 0 Å². The first-order valence-corrected chi connectivity index (χ1v) is 8.99. The van der Waals surface area contributed by atoms with Gasteiger partial charge in [0, 0.05) is 32.0 Å². The third-order valence-electron chi connectivity index (χ3n) is 4.47. The number of halogens is 1. The Bertz CT molecular complexity index is 965. The summed E-state index contributed by atoms with van der Waals surface area (Å²) in [7, 11) is 1.64. The lowest BCUT2D eigenvalue weighted by molar-refractivity contribution is -0.120. The summed E-state index contributed by atoms with van der Waals surface area (Å²) >= 11 is 0. The summed E-state index contributed by atoms with van der Waals surface area (Å²) in [6.45, 7) is 4.89. The number of amides is 1. The molecule has 0 saturated heterocycles. The second kappa shape index (κ2) is 8.31. The zero-order valence-electron chi connectivity index (χ0n) is 15.9. The number of hydrogen-bond acceptors (Lipinski definition) is 3. The third-order valence-corrected chi connectivity index (χ3v) is 4.47. The highest BCUT2D eigenvalue weighted by Crippen LogP contribution is 2.27. The number of nitrogens with one attached hydrogen (secondary N) is 1. The van der Waals surface area contributed by atoms with Crippen LogP contribution in [-0.2, 0) is 16.0 Å². The maximum atomic E-state index is 13.7. The van der Waals surface area contributed by atoms with E-state index in [2.05, 4.69) is 5.32 Å². The van der Waals surface area contributed by atoms with Crippen molar-refractivity contribution in [2.45, 2.75) is 26.7 Å². The summed E-state index contributed by atoms with van der Waals surface area (Å²) < 4.78 is 20.6. The SMILES string of the molecule is COCCCNC(=O)Cc1c(-c2ccc(F)c(C)c2)nc2ccc(C)cn12. The molecule has 3 rings (SSSR count). The van der Waals surface area contributed by atoms with Crippen molar-refractivity contribution in [1.29, 1.82) is 0 Å². The van der Waals surface area contributed by atoms with Crippen LogP contribution in [0.1, 0.15) is 23.2 Å². The average Bonchev–Trinajstić information content (AvgIpc) is 2.99. The number of carbonyl (C=O) groups excluding carboxylic acids is 1. The highest BCUT2D eigenvalue weighted by molar-refractivity contribution is 5.81. The largest absolute Gasteiger partial charge is 0.385 e. The maximum Gasteiger partial charge on any atom is 0.226 e. The second-order valence-electron chi connectivity index (χ2n) is 6.68. The van der Waals surface area contributed by atoms with Gasteiger partial charge in [-0.05, 0) is 55.7 Å². The lowest BCUT2D eigenvalue weighted by Crippen LogP contribution is -2.27. The van der Waals surface area contributed by atoms with E-state index in [-0.39, 0.29) is 18.1 Å². The van der Waals surface area contributed by atoms with E-state index in [1.165, 1.54) is 6.07 Å². The van der Waals surface area contributed by atoms with Gasteiger partial charge < -0.3 is 14.5 Å². The molecule has 2 aromatic heterocycles. The van der Waals surface area contributed by atoms with Crippen LogP contribution < -0.4 is 5.32 Å². The van der Waals surface area contributed by atoms with Crippen LogP contribution in [0.15, 0.2) is 36.5 Å². The predicted octanol–water partition coefficient (Wildman–Crippen LogP) is 3.45. The minimum Gasteiger partial charge on any atom is -0.385 e. The zero-order chi connectivity index (χ0) is 19.4. The minimum absolute atomic E-state index is 0.0745. The Balaban J connectivity index is 1.96. The minimum atomic E-state index is -0.254. The van der Waals surface area contributed by atoms with Crippen molar-refractivity contribution < 1.29 is 13.9 Å². The summed E-state index contributed by atoms with van der Waals surface area (Å²) in [5, 5.41) is 2.91. The zero-order valence-corrected chi connectivity index (χ0v) is 15.9. The molecule has 0 atom stereocenters. The number of fused-ring (bicyclic) bond motifs is 1. The van der Waals surface area contributed by atoms with Gasteiger partial charge in [-0.2, -0.15) is 0 Å². The van der Waals surface area contributed by atoms with Crippen LogP contribution in [0.25, 0.3) is 16.9 Å². The molecule has 1 aromatic carbocycles. The quantitative estimate of drug-likeness (QED) is 0.649. The van der Waals surface area contributed by atoms with E-state index in [0.29, 0.717) is 24.4 Å². The summed E-state index contributed by atoms with van der Waals surface area (Å²) in [6, 6.07) is 8.82. The molecular formula is C21H24FN3O2. The number of methoxy groups -OCH3 is 1. The number of carbonyl (C=O) groups is 1. The van der Waals surface area contributed by atoms with E-state index >= 15 is 0 Å². The van der Waals surface area contributed by atoms with Crippen molar-refractivity contribution in [1.82, 2.24) is 14.7 Å². The first kappa shape index (κ1) is 19.0. The molecule has 0 unspecified atom stereocenters. The van der Waals surface area contributed by atoms with Gasteiger partial charge in [0.1, 0.15) is 11.5 Å². The fourth-order valence-corrected chi connectivity index (χ4v) is 3.05. The highest BCUT2D eigenvalue weighted by Gasteiger charge is 2.17. The predicted molar refractivity (Wildman–Crippen MR) is 103 cm³/mol. The Morgan fingerprint density at radius 1 is 1.26 bits per heavy atom. The van der Waals surface area contributed by atoms with E-state index in [1.54, 1.807) is 26.2 Å². The van der Waals surface area contributed by atoms with Gasteiger partial charge in [-0.25, -0.2) is 9.37 Å².